The summed E-state index contributed by atoms with van der Waals surface area (Å²) in [6, 6.07) is -0.488. The van der Waals surface area contributed by atoms with Gasteiger partial charge in [-0.25, -0.2) is 0 Å². The van der Waals surface area contributed by atoms with Gasteiger partial charge in [-0.15, -0.1) is 0 Å². The van der Waals surface area contributed by atoms with E-state index in [9.17, 15) is 9.59 Å². The van der Waals surface area contributed by atoms with E-state index in [-0.39, 0.29) is 23.1 Å². The van der Waals surface area contributed by atoms with E-state index in [1.165, 1.54) is 25.7 Å². The van der Waals surface area contributed by atoms with Crippen LogP contribution < -0.4 is 10.6 Å². The predicted octanol–water partition coefficient (Wildman–Crippen LogP) is 4.53. The highest BCUT2D eigenvalue weighted by molar-refractivity contribution is 5.89. The molecule has 2 N–H and O–H groups in total. The van der Waals surface area contributed by atoms with Crippen LogP contribution in [0.4, 0.5) is 0 Å². The molecule has 4 nitrogen and oxygen atoms in total. The fourth-order valence-corrected chi connectivity index (χ4v) is 3.61. The minimum atomic E-state index is -0.488. The minimum Gasteiger partial charge on any atom is -0.357 e. The zero-order chi connectivity index (χ0) is 19.6. The van der Waals surface area contributed by atoms with Gasteiger partial charge in [-0.1, -0.05) is 74.1 Å². The molecular weight excluding hydrogens is 312 g/mol. The van der Waals surface area contributed by atoms with Gasteiger partial charge in [0.25, 0.3) is 0 Å². The van der Waals surface area contributed by atoms with Crippen LogP contribution in [0.15, 0.2) is 0 Å². The van der Waals surface area contributed by atoms with Gasteiger partial charge in [0.2, 0.25) is 11.8 Å². The average molecular weight is 355 g/mol. The first-order valence-electron chi connectivity index (χ1n) is 10.2. The van der Waals surface area contributed by atoms with Crippen LogP contribution in [0.2, 0.25) is 0 Å². The van der Waals surface area contributed by atoms with Gasteiger partial charge in [0.05, 0.1) is 0 Å². The zero-order valence-corrected chi connectivity index (χ0v) is 17.9. The smallest absolute Gasteiger partial charge is 0.242 e. The van der Waals surface area contributed by atoms with E-state index in [0.29, 0.717) is 11.8 Å². The third-order valence-electron chi connectivity index (χ3n) is 4.88. The van der Waals surface area contributed by atoms with E-state index < -0.39 is 6.04 Å². The van der Waals surface area contributed by atoms with E-state index in [0.717, 1.165) is 12.8 Å². The molecule has 0 saturated heterocycles. The maximum absolute atomic E-state index is 12.9. The van der Waals surface area contributed by atoms with Gasteiger partial charge in [-0.3, -0.25) is 9.59 Å². The Balaban J connectivity index is 0.00000277. The lowest BCUT2D eigenvalue weighted by Crippen LogP contribution is -2.54. The third-order valence-corrected chi connectivity index (χ3v) is 4.88. The predicted molar refractivity (Wildman–Crippen MR) is 106 cm³/mol. The van der Waals surface area contributed by atoms with Crippen LogP contribution in [0, 0.1) is 23.2 Å². The number of hydrogen-bond acceptors (Lipinski definition) is 2. The molecule has 0 heterocycles. The van der Waals surface area contributed by atoms with Crippen molar-refractivity contribution in [3.63, 3.8) is 0 Å². The third kappa shape index (κ3) is 8.73. The molecule has 0 radical (unpaired) electrons. The second kappa shape index (κ2) is 11.5. The molecule has 1 saturated carbocycles. The summed E-state index contributed by atoms with van der Waals surface area (Å²) in [6.45, 7) is 14.3. The van der Waals surface area contributed by atoms with Crippen LogP contribution in [-0.4, -0.2) is 24.9 Å². The molecule has 148 valence electrons. The summed E-state index contributed by atoms with van der Waals surface area (Å²) in [5.41, 5.74) is -0.300. The van der Waals surface area contributed by atoms with Gasteiger partial charge in [-0.2, -0.15) is 0 Å². The summed E-state index contributed by atoms with van der Waals surface area (Å²) in [7, 11) is 1.62. The highest BCUT2D eigenvalue weighted by atomic mass is 16.2. The highest BCUT2D eigenvalue weighted by Crippen LogP contribution is 2.33. The van der Waals surface area contributed by atoms with Crippen LogP contribution in [0.5, 0.6) is 0 Å². The van der Waals surface area contributed by atoms with E-state index in [2.05, 4.69) is 24.5 Å². The molecule has 0 aliphatic heterocycles. The van der Waals surface area contributed by atoms with Crippen molar-refractivity contribution in [2.24, 2.45) is 23.2 Å². The van der Waals surface area contributed by atoms with Crippen molar-refractivity contribution in [1.82, 2.24) is 10.6 Å². The molecule has 1 aliphatic carbocycles. The molecule has 0 aromatic carbocycles. The summed E-state index contributed by atoms with van der Waals surface area (Å²) >= 11 is 0. The molecule has 0 bridgehead atoms. The number of nitrogens with one attached hydrogen (secondary N) is 2. The monoisotopic (exact) mass is 354 g/mol. The van der Waals surface area contributed by atoms with Gasteiger partial charge in [0, 0.05) is 13.0 Å². The average Bonchev–Trinajstić information content (AvgIpc) is 3.04. The summed E-state index contributed by atoms with van der Waals surface area (Å²) in [4.78, 5) is 25.0. The van der Waals surface area contributed by atoms with Crippen molar-refractivity contribution in [2.45, 2.75) is 93.0 Å². The Morgan fingerprint density at radius 1 is 1.04 bits per heavy atom. The lowest BCUT2D eigenvalue weighted by atomic mass is 9.83. The van der Waals surface area contributed by atoms with Crippen molar-refractivity contribution in [2.75, 3.05) is 7.05 Å². The summed E-state index contributed by atoms with van der Waals surface area (Å²) < 4.78 is 0. The Labute approximate surface area is 155 Å². The maximum Gasteiger partial charge on any atom is 0.242 e. The fraction of sp³-hybridized carbons (Fsp3) is 0.905. The lowest BCUT2D eigenvalue weighted by molar-refractivity contribution is -0.134. The summed E-state index contributed by atoms with van der Waals surface area (Å²) in [5, 5.41) is 5.71. The first-order chi connectivity index (χ1) is 11.6. The van der Waals surface area contributed by atoms with Crippen LogP contribution in [0.1, 0.15) is 87.0 Å². The van der Waals surface area contributed by atoms with Crippen LogP contribution in [0.3, 0.4) is 0 Å². The van der Waals surface area contributed by atoms with Gasteiger partial charge < -0.3 is 10.6 Å². The summed E-state index contributed by atoms with van der Waals surface area (Å²) in [6.07, 6.45) is 6.95. The molecule has 0 aromatic heterocycles. The number of carbonyl (C=O) groups is 2. The first kappa shape index (κ1) is 23.9. The number of hydrogen-bond donors (Lipinski definition) is 2. The van der Waals surface area contributed by atoms with Crippen LogP contribution in [0.25, 0.3) is 0 Å². The molecule has 25 heavy (non-hydrogen) atoms. The molecule has 2 amide bonds. The lowest BCUT2D eigenvalue weighted by Gasteiger charge is -2.32. The quantitative estimate of drug-likeness (QED) is 0.705. The molecule has 2 atom stereocenters. The molecule has 4 heteroatoms. The van der Waals surface area contributed by atoms with E-state index in [4.69, 9.17) is 0 Å². The first-order valence-corrected chi connectivity index (χ1v) is 10.2. The van der Waals surface area contributed by atoms with E-state index in [1.54, 1.807) is 7.05 Å². The van der Waals surface area contributed by atoms with E-state index >= 15 is 0 Å². The Morgan fingerprint density at radius 3 is 1.96 bits per heavy atom. The SMILES string of the molecule is CC.CNC(=O)[C@@H](NC(=O)[C@H](CC(C)C)CC1CCCC1)C(C)(C)C. The number of rotatable bonds is 7. The van der Waals surface area contributed by atoms with Gasteiger partial charge in [0.1, 0.15) is 6.04 Å². The Morgan fingerprint density at radius 2 is 1.56 bits per heavy atom. The second-order valence-corrected chi connectivity index (χ2v) is 8.63. The van der Waals surface area contributed by atoms with Crippen LogP contribution >= 0.6 is 0 Å². The molecular formula is C21H42N2O2. The largest absolute Gasteiger partial charge is 0.357 e. The topological polar surface area (TPSA) is 58.2 Å². The van der Waals surface area contributed by atoms with E-state index in [1.807, 2.05) is 34.6 Å². The Kier molecular flexibility index (Phi) is 11.0. The van der Waals surface area contributed by atoms with Crippen molar-refractivity contribution in [3.05, 3.63) is 0 Å². The fourth-order valence-electron chi connectivity index (χ4n) is 3.61. The normalized spacial score (nSPS) is 17.5. The second-order valence-electron chi connectivity index (χ2n) is 8.63. The molecule has 1 aliphatic rings. The molecule has 1 rings (SSSR count). The highest BCUT2D eigenvalue weighted by Gasteiger charge is 2.34. The van der Waals surface area contributed by atoms with Crippen molar-refractivity contribution >= 4 is 11.8 Å². The standard InChI is InChI=1S/C19H36N2O2.C2H6/c1-13(2)11-15(12-14-9-7-8-10-14)17(22)21-16(18(23)20-6)19(3,4)5;1-2/h13-16H,7-12H2,1-6H3,(H,20,23)(H,21,22);1-2H3/t15-,16-;/m1./s1. The van der Waals surface area contributed by atoms with Crippen molar-refractivity contribution in [1.29, 1.82) is 0 Å². The van der Waals surface area contributed by atoms with Crippen molar-refractivity contribution < 1.29 is 9.59 Å². The Bertz CT molecular complexity index is 393. The Hall–Kier alpha value is -1.06. The van der Waals surface area contributed by atoms with Crippen molar-refractivity contribution in [3.8, 4) is 0 Å². The molecule has 0 unspecified atom stereocenters. The summed E-state index contributed by atoms with van der Waals surface area (Å²) in [5.74, 6) is 1.12. The minimum absolute atomic E-state index is 0.0209. The molecule has 0 aromatic rings. The number of amides is 2. The van der Waals surface area contributed by atoms with Gasteiger partial charge in [-0.05, 0) is 30.1 Å². The number of likely N-dealkylation sites (N-methyl/N-ethyl adjacent to an activating group) is 1. The number of carbonyl (C=O) groups excluding carboxylic acids is 2. The van der Waals surface area contributed by atoms with Gasteiger partial charge >= 0.3 is 0 Å². The zero-order valence-electron chi connectivity index (χ0n) is 17.9. The maximum atomic E-state index is 12.9. The molecule has 1 fully saturated rings. The van der Waals surface area contributed by atoms with Crippen LogP contribution in [-0.2, 0) is 9.59 Å². The molecule has 0 spiro atoms. The van der Waals surface area contributed by atoms with Gasteiger partial charge in [0.15, 0.2) is 0 Å².